The van der Waals surface area contributed by atoms with Gasteiger partial charge in [-0.2, -0.15) is 0 Å². The number of imide groups is 1. The number of carbonyl (C=O) groups excluding carboxylic acids is 4. The topological polar surface area (TPSA) is 92.8 Å². The van der Waals surface area contributed by atoms with Gasteiger partial charge in [0.05, 0.1) is 23.1 Å². The number of nitrogens with zero attached hydrogens (tertiary/aromatic N) is 1. The Morgan fingerprint density at radius 1 is 0.970 bits per heavy atom. The third kappa shape index (κ3) is 4.48. The molecule has 2 aromatic carbocycles. The molecule has 7 nitrogen and oxygen atoms in total. The maximum absolute atomic E-state index is 12.7. The standard InChI is InChI=1S/C25H23BrN2O5/c1-14-15(2)21(12-11-20(14)26)27-22(29)13-33-25(32)16-7-9-17(10-8-16)28-23(30)18-5-3-4-6-19(18)24(28)31/h3-4,7-12,18-19H,5-6,13H2,1-2H3,(H,27,29)/t18-,19-/m0/s1. The highest BCUT2D eigenvalue weighted by atomic mass is 79.9. The number of halogens is 1. The zero-order valence-corrected chi connectivity index (χ0v) is 19.8. The summed E-state index contributed by atoms with van der Waals surface area (Å²) < 4.78 is 6.07. The van der Waals surface area contributed by atoms with Crippen LogP contribution >= 0.6 is 15.9 Å². The lowest BCUT2D eigenvalue weighted by Crippen LogP contribution is -2.30. The van der Waals surface area contributed by atoms with E-state index < -0.39 is 18.5 Å². The molecule has 2 aliphatic rings. The number of fused-ring (bicyclic) bond motifs is 1. The molecule has 4 rings (SSSR count). The van der Waals surface area contributed by atoms with Gasteiger partial charge in [-0.1, -0.05) is 28.1 Å². The van der Waals surface area contributed by atoms with E-state index in [0.717, 1.165) is 15.6 Å². The van der Waals surface area contributed by atoms with Crippen molar-refractivity contribution >= 4 is 51.0 Å². The van der Waals surface area contributed by atoms with Crippen LogP contribution in [0.3, 0.4) is 0 Å². The van der Waals surface area contributed by atoms with Crippen LogP contribution in [0.25, 0.3) is 0 Å². The summed E-state index contributed by atoms with van der Waals surface area (Å²) in [4.78, 5) is 51.2. The summed E-state index contributed by atoms with van der Waals surface area (Å²) in [6.07, 6.45) is 5.00. The van der Waals surface area contributed by atoms with Crippen molar-refractivity contribution in [1.82, 2.24) is 0 Å². The second-order valence-corrected chi connectivity index (χ2v) is 9.04. The third-order valence-corrected chi connectivity index (χ3v) is 7.06. The highest BCUT2D eigenvalue weighted by Gasteiger charge is 2.47. The first-order valence-corrected chi connectivity index (χ1v) is 11.4. The van der Waals surface area contributed by atoms with E-state index in [1.165, 1.54) is 17.0 Å². The fourth-order valence-corrected chi connectivity index (χ4v) is 4.55. The average molecular weight is 511 g/mol. The maximum atomic E-state index is 12.7. The highest BCUT2D eigenvalue weighted by Crippen LogP contribution is 2.37. The van der Waals surface area contributed by atoms with Gasteiger partial charge in [-0.05, 0) is 74.2 Å². The fourth-order valence-electron chi connectivity index (χ4n) is 4.13. The molecule has 8 heteroatoms. The first kappa shape index (κ1) is 22.9. The van der Waals surface area contributed by atoms with E-state index in [0.29, 0.717) is 24.2 Å². The molecule has 3 amide bonds. The van der Waals surface area contributed by atoms with Crippen molar-refractivity contribution in [3.8, 4) is 0 Å². The van der Waals surface area contributed by atoms with Gasteiger partial charge >= 0.3 is 5.97 Å². The van der Waals surface area contributed by atoms with Gasteiger partial charge in [0.2, 0.25) is 11.8 Å². The zero-order valence-electron chi connectivity index (χ0n) is 18.3. The number of anilines is 2. The van der Waals surface area contributed by atoms with Crippen LogP contribution in [0, 0.1) is 25.7 Å². The molecule has 0 aromatic heterocycles. The van der Waals surface area contributed by atoms with Crippen LogP contribution in [0.15, 0.2) is 53.0 Å². The van der Waals surface area contributed by atoms with Crippen LogP contribution in [0.5, 0.6) is 0 Å². The van der Waals surface area contributed by atoms with E-state index in [2.05, 4.69) is 21.2 Å². The molecule has 2 atom stereocenters. The van der Waals surface area contributed by atoms with Gasteiger partial charge in [0.25, 0.3) is 5.91 Å². The molecular weight excluding hydrogens is 488 g/mol. The van der Waals surface area contributed by atoms with Gasteiger partial charge in [-0.25, -0.2) is 4.79 Å². The number of hydrogen-bond acceptors (Lipinski definition) is 5. The SMILES string of the molecule is Cc1c(Br)ccc(NC(=O)COC(=O)c2ccc(N3C(=O)[C@H]4CC=CC[C@@H]4C3=O)cc2)c1C. The van der Waals surface area contributed by atoms with Crippen LogP contribution in [-0.2, 0) is 19.1 Å². The predicted octanol–water partition coefficient (Wildman–Crippen LogP) is 4.32. The second-order valence-electron chi connectivity index (χ2n) is 8.18. The van der Waals surface area contributed by atoms with Crippen LogP contribution in [0.2, 0.25) is 0 Å². The van der Waals surface area contributed by atoms with Crippen molar-refractivity contribution in [2.45, 2.75) is 26.7 Å². The number of allylic oxidation sites excluding steroid dienone is 2. The molecule has 1 aliphatic heterocycles. The summed E-state index contributed by atoms with van der Waals surface area (Å²) in [7, 11) is 0. The van der Waals surface area contributed by atoms with E-state index >= 15 is 0 Å². The molecular formula is C25H23BrN2O5. The van der Waals surface area contributed by atoms with Gasteiger partial charge in [0.1, 0.15) is 0 Å². The average Bonchev–Trinajstić information content (AvgIpc) is 3.08. The Bertz CT molecular complexity index is 1150. The monoisotopic (exact) mass is 510 g/mol. The van der Waals surface area contributed by atoms with E-state index in [1.54, 1.807) is 18.2 Å². The van der Waals surface area contributed by atoms with Crippen LogP contribution < -0.4 is 10.2 Å². The molecule has 0 spiro atoms. The van der Waals surface area contributed by atoms with Crippen molar-refractivity contribution in [3.05, 3.63) is 69.7 Å². The van der Waals surface area contributed by atoms with Gasteiger partial charge < -0.3 is 10.1 Å². The Labute approximate surface area is 199 Å². The normalized spacial score (nSPS) is 19.4. The van der Waals surface area contributed by atoms with Gasteiger partial charge in [0.15, 0.2) is 6.61 Å². The number of carbonyl (C=O) groups is 4. The summed E-state index contributed by atoms with van der Waals surface area (Å²) >= 11 is 3.45. The number of amides is 3. The summed E-state index contributed by atoms with van der Waals surface area (Å²) in [5, 5.41) is 2.74. The lowest BCUT2D eigenvalue weighted by atomic mass is 9.85. The van der Waals surface area contributed by atoms with E-state index in [-0.39, 0.29) is 29.2 Å². The van der Waals surface area contributed by atoms with E-state index in [1.807, 2.05) is 32.1 Å². The Hall–Kier alpha value is -3.26. The Balaban J connectivity index is 1.36. The number of esters is 1. The van der Waals surface area contributed by atoms with Gasteiger partial charge in [0, 0.05) is 10.2 Å². The molecule has 170 valence electrons. The largest absolute Gasteiger partial charge is 0.452 e. The number of ether oxygens (including phenoxy) is 1. The van der Waals surface area contributed by atoms with Crippen molar-refractivity contribution in [3.63, 3.8) is 0 Å². The second kappa shape index (κ2) is 9.31. The van der Waals surface area contributed by atoms with Gasteiger partial charge in [-0.15, -0.1) is 0 Å². The smallest absolute Gasteiger partial charge is 0.338 e. The molecule has 2 aromatic rings. The minimum absolute atomic E-state index is 0.209. The number of hydrogen-bond donors (Lipinski definition) is 1. The molecule has 0 saturated carbocycles. The Kier molecular flexibility index (Phi) is 6.47. The van der Waals surface area contributed by atoms with Crippen LogP contribution in [0.1, 0.15) is 34.3 Å². The quantitative estimate of drug-likeness (QED) is 0.367. The first-order chi connectivity index (χ1) is 15.8. The molecule has 1 saturated heterocycles. The van der Waals surface area contributed by atoms with Crippen molar-refractivity contribution in [1.29, 1.82) is 0 Å². The molecule has 0 unspecified atom stereocenters. The Morgan fingerprint density at radius 3 is 2.18 bits per heavy atom. The maximum Gasteiger partial charge on any atom is 0.338 e. The molecule has 1 heterocycles. The number of benzene rings is 2. The predicted molar refractivity (Wildman–Crippen MR) is 127 cm³/mol. The molecule has 0 radical (unpaired) electrons. The fraction of sp³-hybridized carbons (Fsp3) is 0.280. The summed E-state index contributed by atoms with van der Waals surface area (Å²) in [6.45, 7) is 3.39. The minimum Gasteiger partial charge on any atom is -0.452 e. The molecule has 1 N–H and O–H groups in total. The number of rotatable bonds is 5. The van der Waals surface area contributed by atoms with Gasteiger partial charge in [-0.3, -0.25) is 19.3 Å². The molecule has 1 aliphatic carbocycles. The summed E-state index contributed by atoms with van der Waals surface area (Å²) in [6, 6.07) is 9.68. The van der Waals surface area contributed by atoms with Crippen LogP contribution in [-0.4, -0.2) is 30.3 Å². The van der Waals surface area contributed by atoms with E-state index in [4.69, 9.17) is 4.74 Å². The lowest BCUT2D eigenvalue weighted by molar-refractivity contribution is -0.122. The van der Waals surface area contributed by atoms with Crippen LogP contribution in [0.4, 0.5) is 11.4 Å². The molecule has 0 bridgehead atoms. The highest BCUT2D eigenvalue weighted by molar-refractivity contribution is 9.10. The van der Waals surface area contributed by atoms with Crippen molar-refractivity contribution in [2.24, 2.45) is 11.8 Å². The lowest BCUT2D eigenvalue weighted by Gasteiger charge is -2.15. The van der Waals surface area contributed by atoms with Crippen molar-refractivity contribution in [2.75, 3.05) is 16.8 Å². The van der Waals surface area contributed by atoms with Crippen molar-refractivity contribution < 1.29 is 23.9 Å². The molecule has 33 heavy (non-hydrogen) atoms. The summed E-state index contributed by atoms with van der Waals surface area (Å²) in [5.41, 5.74) is 3.23. The first-order valence-electron chi connectivity index (χ1n) is 10.6. The van der Waals surface area contributed by atoms with E-state index in [9.17, 15) is 19.2 Å². The Morgan fingerprint density at radius 2 is 1.58 bits per heavy atom. The minimum atomic E-state index is -0.669. The third-order valence-electron chi connectivity index (χ3n) is 6.20. The number of nitrogens with one attached hydrogen (secondary N) is 1. The molecule has 1 fully saturated rings. The summed E-state index contributed by atoms with van der Waals surface area (Å²) in [5.74, 6) is -2.17. The zero-order chi connectivity index (χ0) is 23.7.